The van der Waals surface area contributed by atoms with Crippen LogP contribution in [0, 0.1) is 0 Å². The Morgan fingerprint density at radius 3 is 2.71 bits per heavy atom. The molecular weight excluding hydrogens is 200 g/mol. The van der Waals surface area contributed by atoms with Crippen LogP contribution in [0.4, 0.5) is 0 Å². The summed E-state index contributed by atoms with van der Waals surface area (Å²) in [6.07, 6.45) is 3.44. The molecule has 2 atom stereocenters. The molecular formula is C9H20N2O2S. The molecule has 0 aromatic heterocycles. The van der Waals surface area contributed by atoms with Gasteiger partial charge in [0.05, 0.1) is 5.75 Å². The molecule has 1 heterocycles. The first-order chi connectivity index (χ1) is 6.53. The van der Waals surface area contributed by atoms with E-state index in [0.717, 1.165) is 6.42 Å². The summed E-state index contributed by atoms with van der Waals surface area (Å²) < 4.78 is 25.0. The third kappa shape index (κ3) is 3.94. The molecule has 0 spiro atoms. The maximum absolute atomic E-state index is 11.2. The van der Waals surface area contributed by atoms with E-state index in [4.69, 9.17) is 0 Å². The summed E-state index contributed by atoms with van der Waals surface area (Å²) in [5, 5.41) is 3.39. The van der Waals surface area contributed by atoms with Crippen LogP contribution in [0.25, 0.3) is 0 Å². The Bertz CT molecular complexity index is 264. The van der Waals surface area contributed by atoms with Crippen LogP contribution in [0.1, 0.15) is 33.1 Å². The fraction of sp³-hybridized carbons (Fsp3) is 1.00. The Labute approximate surface area is 86.5 Å². The molecule has 0 aliphatic carbocycles. The van der Waals surface area contributed by atoms with Crippen molar-refractivity contribution in [2.24, 2.45) is 0 Å². The topological polar surface area (TPSA) is 58.2 Å². The lowest BCUT2D eigenvalue weighted by Gasteiger charge is -2.28. The van der Waals surface area contributed by atoms with Crippen molar-refractivity contribution in [1.82, 2.24) is 10.0 Å². The Balaban J connectivity index is 2.31. The Kier molecular flexibility index (Phi) is 4.34. The van der Waals surface area contributed by atoms with E-state index >= 15 is 0 Å². The first-order valence-corrected chi connectivity index (χ1v) is 6.92. The van der Waals surface area contributed by atoms with Crippen molar-refractivity contribution in [2.75, 3.05) is 12.3 Å². The van der Waals surface area contributed by atoms with Gasteiger partial charge in [-0.05, 0) is 26.7 Å². The lowest BCUT2D eigenvalue weighted by atomic mass is 10.00. The van der Waals surface area contributed by atoms with Gasteiger partial charge in [0.2, 0.25) is 10.0 Å². The minimum absolute atomic E-state index is 0.162. The van der Waals surface area contributed by atoms with Crippen LogP contribution >= 0.6 is 0 Å². The van der Waals surface area contributed by atoms with E-state index < -0.39 is 10.0 Å². The summed E-state index contributed by atoms with van der Waals surface area (Å²) in [5.74, 6) is 0.162. The van der Waals surface area contributed by atoms with E-state index in [1.807, 2.05) is 0 Å². The number of hydrogen-bond acceptors (Lipinski definition) is 3. The minimum Gasteiger partial charge on any atom is -0.310 e. The van der Waals surface area contributed by atoms with Crippen molar-refractivity contribution in [3.8, 4) is 0 Å². The van der Waals surface area contributed by atoms with E-state index in [-0.39, 0.29) is 5.75 Å². The summed E-state index contributed by atoms with van der Waals surface area (Å²) in [5.41, 5.74) is 0. The molecule has 2 unspecified atom stereocenters. The zero-order chi connectivity index (χ0) is 10.6. The molecule has 2 N–H and O–H groups in total. The smallest absolute Gasteiger partial charge is 0.211 e. The molecule has 1 aliphatic rings. The monoisotopic (exact) mass is 220 g/mol. The van der Waals surface area contributed by atoms with Crippen molar-refractivity contribution in [3.63, 3.8) is 0 Å². The molecule has 0 bridgehead atoms. The van der Waals surface area contributed by atoms with E-state index in [0.29, 0.717) is 18.6 Å². The predicted molar refractivity (Wildman–Crippen MR) is 57.7 cm³/mol. The number of piperidine rings is 1. The molecule has 0 radical (unpaired) electrons. The maximum atomic E-state index is 11.2. The van der Waals surface area contributed by atoms with Gasteiger partial charge >= 0.3 is 0 Å². The number of hydrogen-bond donors (Lipinski definition) is 2. The lowest BCUT2D eigenvalue weighted by molar-refractivity contribution is 0.334. The summed E-state index contributed by atoms with van der Waals surface area (Å²) in [7, 11) is -3.03. The molecule has 0 saturated carbocycles. The fourth-order valence-corrected chi connectivity index (χ4v) is 2.39. The van der Waals surface area contributed by atoms with Gasteiger partial charge in [-0.2, -0.15) is 0 Å². The highest BCUT2D eigenvalue weighted by molar-refractivity contribution is 7.89. The van der Waals surface area contributed by atoms with Gasteiger partial charge in [0.25, 0.3) is 0 Å². The van der Waals surface area contributed by atoms with Crippen LogP contribution in [-0.2, 0) is 10.0 Å². The Hall–Kier alpha value is -0.130. The second-order valence-electron chi connectivity index (χ2n) is 3.95. The molecule has 14 heavy (non-hydrogen) atoms. The van der Waals surface area contributed by atoms with Gasteiger partial charge in [0.15, 0.2) is 0 Å². The van der Waals surface area contributed by atoms with E-state index in [2.05, 4.69) is 17.0 Å². The zero-order valence-electron chi connectivity index (χ0n) is 8.91. The van der Waals surface area contributed by atoms with Crippen molar-refractivity contribution in [2.45, 2.75) is 45.2 Å². The summed E-state index contributed by atoms with van der Waals surface area (Å²) >= 11 is 0. The zero-order valence-corrected chi connectivity index (χ0v) is 9.73. The second-order valence-corrected chi connectivity index (χ2v) is 6.04. The van der Waals surface area contributed by atoms with Crippen LogP contribution in [0.3, 0.4) is 0 Å². The third-order valence-electron chi connectivity index (χ3n) is 2.64. The first kappa shape index (κ1) is 11.9. The van der Waals surface area contributed by atoms with Crippen molar-refractivity contribution in [1.29, 1.82) is 0 Å². The maximum Gasteiger partial charge on any atom is 0.211 e. The van der Waals surface area contributed by atoms with Gasteiger partial charge in [-0.3, -0.25) is 0 Å². The fourth-order valence-electron chi connectivity index (χ4n) is 1.73. The summed E-state index contributed by atoms with van der Waals surface area (Å²) in [4.78, 5) is 0. The van der Waals surface area contributed by atoms with Crippen molar-refractivity contribution >= 4 is 10.0 Å². The molecule has 84 valence electrons. The van der Waals surface area contributed by atoms with Gasteiger partial charge < -0.3 is 5.32 Å². The number of sulfonamides is 1. The minimum atomic E-state index is -3.03. The van der Waals surface area contributed by atoms with Crippen LogP contribution in [0.2, 0.25) is 0 Å². The lowest BCUT2D eigenvalue weighted by Crippen LogP contribution is -2.47. The van der Waals surface area contributed by atoms with Crippen LogP contribution in [-0.4, -0.2) is 32.8 Å². The molecule has 0 amide bonds. The van der Waals surface area contributed by atoms with Crippen LogP contribution in [0.15, 0.2) is 0 Å². The van der Waals surface area contributed by atoms with Gasteiger partial charge in [0.1, 0.15) is 0 Å². The Morgan fingerprint density at radius 2 is 2.14 bits per heavy atom. The SMILES string of the molecule is CCS(=O)(=O)NCC1CCCC(C)N1. The molecule has 5 heteroatoms. The quantitative estimate of drug-likeness (QED) is 0.723. The molecule has 1 aliphatic heterocycles. The van der Waals surface area contributed by atoms with Gasteiger partial charge in [-0.1, -0.05) is 6.42 Å². The molecule has 1 fully saturated rings. The average molecular weight is 220 g/mol. The molecule has 0 aromatic rings. The van der Waals surface area contributed by atoms with Gasteiger partial charge in [-0.25, -0.2) is 13.1 Å². The van der Waals surface area contributed by atoms with E-state index in [9.17, 15) is 8.42 Å². The summed E-state index contributed by atoms with van der Waals surface area (Å²) in [6, 6.07) is 0.819. The van der Waals surface area contributed by atoms with Crippen LogP contribution < -0.4 is 10.0 Å². The normalized spacial score (nSPS) is 29.0. The van der Waals surface area contributed by atoms with Crippen molar-refractivity contribution in [3.05, 3.63) is 0 Å². The van der Waals surface area contributed by atoms with Crippen molar-refractivity contribution < 1.29 is 8.42 Å². The second kappa shape index (κ2) is 5.09. The highest BCUT2D eigenvalue weighted by Gasteiger charge is 2.18. The van der Waals surface area contributed by atoms with Crippen LogP contribution in [0.5, 0.6) is 0 Å². The molecule has 4 nitrogen and oxygen atoms in total. The molecule has 1 saturated heterocycles. The number of rotatable bonds is 4. The van der Waals surface area contributed by atoms with Gasteiger partial charge in [0, 0.05) is 18.6 Å². The first-order valence-electron chi connectivity index (χ1n) is 5.27. The van der Waals surface area contributed by atoms with Gasteiger partial charge in [-0.15, -0.1) is 0 Å². The average Bonchev–Trinajstić information content (AvgIpc) is 2.15. The highest BCUT2D eigenvalue weighted by atomic mass is 32.2. The number of nitrogens with one attached hydrogen (secondary N) is 2. The summed E-state index contributed by atoms with van der Waals surface area (Å²) in [6.45, 7) is 4.32. The van der Waals surface area contributed by atoms with E-state index in [1.165, 1.54) is 12.8 Å². The Morgan fingerprint density at radius 1 is 1.43 bits per heavy atom. The predicted octanol–water partition coefficient (Wildman–Crippen LogP) is 0.456. The highest BCUT2D eigenvalue weighted by Crippen LogP contribution is 2.11. The standard InChI is InChI=1S/C9H20N2O2S/c1-3-14(12,13)10-7-9-6-4-5-8(2)11-9/h8-11H,3-7H2,1-2H3. The largest absolute Gasteiger partial charge is 0.310 e. The third-order valence-corrected chi connectivity index (χ3v) is 4.01. The molecule has 0 aromatic carbocycles. The molecule has 1 rings (SSSR count). The van der Waals surface area contributed by atoms with E-state index in [1.54, 1.807) is 6.92 Å².